The summed E-state index contributed by atoms with van der Waals surface area (Å²) in [6, 6.07) is 13.9. The molecule has 2 aliphatic heterocycles. The summed E-state index contributed by atoms with van der Waals surface area (Å²) in [6.45, 7) is -0.733. The molecule has 5 rings (SSSR count). The zero-order chi connectivity index (χ0) is 24.0. The average Bonchev–Trinajstić information content (AvgIpc) is 2.85. The number of amides is 1. The first-order valence-electron chi connectivity index (χ1n) is 10.1. The highest BCUT2D eigenvalue weighted by Gasteiger charge is 2.35. The SMILES string of the molecule is O=C1COc2ccc(C(=O)COC(=O)c3ccc4c(c3)S(=O)(=O)c3ccccc3C4=O)cc2N1. The van der Waals surface area contributed by atoms with Gasteiger partial charge in [0.1, 0.15) is 5.75 Å². The van der Waals surface area contributed by atoms with Gasteiger partial charge < -0.3 is 14.8 Å². The van der Waals surface area contributed by atoms with E-state index in [9.17, 15) is 27.6 Å². The number of Topliss-reactive ketones (excluding diaryl/α,β-unsaturated/α-hetero) is 1. The first-order chi connectivity index (χ1) is 16.3. The van der Waals surface area contributed by atoms with E-state index >= 15 is 0 Å². The van der Waals surface area contributed by atoms with Crippen LogP contribution in [0.1, 0.15) is 36.6 Å². The number of ketones is 2. The lowest BCUT2D eigenvalue weighted by Gasteiger charge is -2.19. The first-order valence-corrected chi connectivity index (χ1v) is 11.5. The number of ether oxygens (including phenoxy) is 2. The lowest BCUT2D eigenvalue weighted by atomic mass is 10.0. The van der Waals surface area contributed by atoms with Crippen LogP contribution in [0.25, 0.3) is 0 Å². The Hall–Kier alpha value is -4.31. The molecule has 0 bridgehead atoms. The van der Waals surface area contributed by atoms with Gasteiger partial charge in [-0.05, 0) is 48.5 Å². The van der Waals surface area contributed by atoms with E-state index in [-0.39, 0.29) is 44.6 Å². The highest BCUT2D eigenvalue weighted by atomic mass is 32.2. The summed E-state index contributed by atoms with van der Waals surface area (Å²) in [5.41, 5.74) is 0.437. The third-order valence-corrected chi connectivity index (χ3v) is 7.29. The molecule has 9 nitrogen and oxygen atoms in total. The molecule has 10 heteroatoms. The van der Waals surface area contributed by atoms with Crippen molar-refractivity contribution in [3.8, 4) is 5.75 Å². The number of hydrogen-bond acceptors (Lipinski definition) is 8. The Morgan fingerprint density at radius 2 is 1.65 bits per heavy atom. The highest BCUT2D eigenvalue weighted by Crippen LogP contribution is 2.35. The molecule has 0 unspecified atom stereocenters. The number of carbonyl (C=O) groups is 4. The van der Waals surface area contributed by atoms with Gasteiger partial charge in [-0.15, -0.1) is 0 Å². The number of nitrogens with one attached hydrogen (secondary N) is 1. The highest BCUT2D eigenvalue weighted by molar-refractivity contribution is 7.91. The number of fused-ring (bicyclic) bond motifs is 3. The summed E-state index contributed by atoms with van der Waals surface area (Å²) in [4.78, 5) is 48.8. The number of esters is 1. The molecule has 3 aromatic rings. The number of anilines is 1. The van der Waals surface area contributed by atoms with Crippen molar-refractivity contribution in [3.05, 3.63) is 82.9 Å². The zero-order valence-electron chi connectivity index (χ0n) is 17.4. The second-order valence-corrected chi connectivity index (χ2v) is 9.47. The van der Waals surface area contributed by atoms with Gasteiger partial charge in [0.25, 0.3) is 5.91 Å². The van der Waals surface area contributed by atoms with Crippen LogP contribution in [-0.2, 0) is 19.4 Å². The Bertz CT molecular complexity index is 1520. The summed E-state index contributed by atoms with van der Waals surface area (Å²) >= 11 is 0. The predicted molar refractivity (Wildman–Crippen MR) is 117 cm³/mol. The molecule has 2 aliphatic rings. The smallest absolute Gasteiger partial charge is 0.338 e. The molecule has 0 radical (unpaired) electrons. The lowest BCUT2D eigenvalue weighted by Crippen LogP contribution is -2.25. The van der Waals surface area contributed by atoms with Gasteiger partial charge >= 0.3 is 5.97 Å². The van der Waals surface area contributed by atoms with Crippen LogP contribution in [-0.4, -0.2) is 45.1 Å². The minimum absolute atomic E-state index is 0.0374. The second-order valence-electron chi connectivity index (χ2n) is 7.59. The molecule has 0 spiro atoms. The van der Waals surface area contributed by atoms with Crippen molar-refractivity contribution in [2.45, 2.75) is 9.79 Å². The molecule has 1 amide bonds. The van der Waals surface area contributed by atoms with Crippen LogP contribution in [0.3, 0.4) is 0 Å². The van der Waals surface area contributed by atoms with Crippen LogP contribution in [0.2, 0.25) is 0 Å². The normalized spacial score (nSPS) is 15.2. The first kappa shape index (κ1) is 21.5. The van der Waals surface area contributed by atoms with Crippen molar-refractivity contribution in [3.63, 3.8) is 0 Å². The fourth-order valence-electron chi connectivity index (χ4n) is 3.77. The minimum atomic E-state index is -4.02. The molecule has 0 saturated carbocycles. The summed E-state index contributed by atoms with van der Waals surface area (Å²) in [5, 5.41) is 2.58. The molecule has 0 atom stereocenters. The fourth-order valence-corrected chi connectivity index (χ4v) is 5.44. The van der Waals surface area contributed by atoms with E-state index < -0.39 is 34.0 Å². The van der Waals surface area contributed by atoms with E-state index in [2.05, 4.69) is 5.32 Å². The van der Waals surface area contributed by atoms with Crippen molar-refractivity contribution >= 4 is 39.0 Å². The molecule has 0 aromatic heterocycles. The van der Waals surface area contributed by atoms with E-state index in [0.29, 0.717) is 11.4 Å². The summed E-state index contributed by atoms with van der Waals surface area (Å²) in [7, 11) is -4.02. The quantitative estimate of drug-likeness (QED) is 0.350. The maximum absolute atomic E-state index is 13.0. The molecule has 3 aromatic carbocycles. The Morgan fingerprint density at radius 3 is 2.47 bits per heavy atom. The predicted octanol–water partition coefficient (Wildman–Crippen LogP) is 2.43. The Kier molecular flexibility index (Phi) is 5.02. The monoisotopic (exact) mass is 477 g/mol. The van der Waals surface area contributed by atoms with Gasteiger partial charge in [-0.25, -0.2) is 13.2 Å². The van der Waals surface area contributed by atoms with E-state index in [1.54, 1.807) is 6.07 Å². The van der Waals surface area contributed by atoms with Gasteiger partial charge in [-0.3, -0.25) is 14.4 Å². The van der Waals surface area contributed by atoms with Crippen LogP contribution >= 0.6 is 0 Å². The minimum Gasteiger partial charge on any atom is -0.482 e. The number of rotatable bonds is 4. The maximum atomic E-state index is 13.0. The Morgan fingerprint density at radius 1 is 0.912 bits per heavy atom. The topological polar surface area (TPSA) is 133 Å². The van der Waals surface area contributed by atoms with Gasteiger partial charge in [-0.2, -0.15) is 0 Å². The maximum Gasteiger partial charge on any atom is 0.338 e. The standard InChI is InChI=1S/C24H15NO8S/c26-18(13-6-8-19-17(9-13)25-22(27)12-32-19)11-33-24(29)14-5-7-16-21(10-14)34(30,31)20-4-2-1-3-15(20)23(16)28/h1-10H,11-12H2,(H,25,27). The average molecular weight is 477 g/mol. The molecule has 1 N–H and O–H groups in total. The van der Waals surface area contributed by atoms with Crippen molar-refractivity contribution in [1.29, 1.82) is 0 Å². The summed E-state index contributed by atoms with van der Waals surface area (Å²) in [5.74, 6) is -1.86. The van der Waals surface area contributed by atoms with E-state index in [1.807, 2.05) is 0 Å². The number of benzene rings is 3. The van der Waals surface area contributed by atoms with Gasteiger partial charge in [-0.1, -0.05) is 12.1 Å². The molecule has 0 fully saturated rings. The van der Waals surface area contributed by atoms with Gasteiger partial charge in [0.05, 0.1) is 21.0 Å². The van der Waals surface area contributed by atoms with Crippen LogP contribution in [0, 0.1) is 0 Å². The Balaban J connectivity index is 1.35. The summed E-state index contributed by atoms with van der Waals surface area (Å²) < 4.78 is 36.3. The molecule has 0 aliphatic carbocycles. The molecule has 0 saturated heterocycles. The zero-order valence-corrected chi connectivity index (χ0v) is 18.2. The van der Waals surface area contributed by atoms with Crippen molar-refractivity contribution in [1.82, 2.24) is 0 Å². The van der Waals surface area contributed by atoms with Crippen molar-refractivity contribution < 1.29 is 37.1 Å². The van der Waals surface area contributed by atoms with Gasteiger partial charge in [0.15, 0.2) is 24.8 Å². The van der Waals surface area contributed by atoms with Crippen molar-refractivity contribution in [2.75, 3.05) is 18.5 Å². The fraction of sp³-hybridized carbons (Fsp3) is 0.0833. The Labute approximate surface area is 193 Å². The second kappa shape index (κ2) is 7.92. The van der Waals surface area contributed by atoms with Crippen LogP contribution in [0.4, 0.5) is 5.69 Å². The molecular weight excluding hydrogens is 462 g/mol. The van der Waals surface area contributed by atoms with Crippen molar-refractivity contribution in [2.24, 2.45) is 0 Å². The summed E-state index contributed by atoms with van der Waals surface area (Å²) in [6.07, 6.45) is 0. The van der Waals surface area contributed by atoms with E-state index in [4.69, 9.17) is 9.47 Å². The van der Waals surface area contributed by atoms with E-state index in [0.717, 1.165) is 6.07 Å². The molecule has 170 valence electrons. The van der Waals surface area contributed by atoms with E-state index in [1.165, 1.54) is 48.5 Å². The number of hydrogen-bond donors (Lipinski definition) is 1. The van der Waals surface area contributed by atoms with Crippen LogP contribution in [0.15, 0.2) is 70.5 Å². The van der Waals surface area contributed by atoms with Gasteiger partial charge in [0.2, 0.25) is 9.84 Å². The third-order valence-electron chi connectivity index (χ3n) is 5.44. The van der Waals surface area contributed by atoms with Gasteiger partial charge in [0, 0.05) is 16.7 Å². The third kappa shape index (κ3) is 3.54. The lowest BCUT2D eigenvalue weighted by molar-refractivity contribution is -0.118. The molecule has 34 heavy (non-hydrogen) atoms. The van der Waals surface area contributed by atoms with Crippen LogP contribution in [0.5, 0.6) is 5.75 Å². The number of sulfone groups is 1. The number of carbonyl (C=O) groups excluding carboxylic acids is 4. The molecular formula is C24H15NO8S. The largest absolute Gasteiger partial charge is 0.482 e. The molecule has 2 heterocycles. The van der Waals surface area contributed by atoms with Crippen LogP contribution < -0.4 is 10.1 Å².